The zero-order valence-electron chi connectivity index (χ0n) is 25.2. The van der Waals surface area contributed by atoms with Crippen molar-refractivity contribution in [2.75, 3.05) is 6.61 Å². The minimum Gasteiger partial charge on any atom is -0.451 e. The number of rotatable bonds is 4. The number of aryl methyl sites for hydroxylation is 1. The molecule has 0 aromatic carbocycles. The van der Waals surface area contributed by atoms with Gasteiger partial charge >= 0.3 is 5.97 Å². The first-order valence-electron chi connectivity index (χ1n) is 14.8. The summed E-state index contributed by atoms with van der Waals surface area (Å²) in [6.45, 7) is 18.0. The van der Waals surface area contributed by atoms with E-state index in [1.54, 1.807) is 0 Å². The predicted octanol–water partition coefficient (Wildman–Crippen LogP) is 5.15. The van der Waals surface area contributed by atoms with Crippen LogP contribution in [0.4, 0.5) is 0 Å². The summed E-state index contributed by atoms with van der Waals surface area (Å²) in [5, 5.41) is 17.3. The van der Waals surface area contributed by atoms with Gasteiger partial charge in [-0.3, -0.25) is 4.79 Å². The molecule has 2 heterocycles. The standard InChI is InChI=1S/C32H43NO7/c1-10-21-22(24(15(2)3)33-40-21)28(35)38-26-16(4)13-31-17(5)11-20-23(29(20,6)7)19(25(31)34)12-18-14-37-30(8,9)39-27(18)32(26,31)36/h12-13,15,17,19-20,23,26-27,36H,10-11,14H2,1-9H3/t17?,19-,20+,23-,26-,27+,31?,32+/m0/s1. The Hall–Kier alpha value is -2.29. The number of carbonyl (C=O) groups is 2. The number of hydrogen-bond donors (Lipinski definition) is 1. The Morgan fingerprint density at radius 3 is 2.60 bits per heavy atom. The Bertz CT molecular complexity index is 1330. The summed E-state index contributed by atoms with van der Waals surface area (Å²) in [4.78, 5) is 28.8. The van der Waals surface area contributed by atoms with E-state index in [9.17, 15) is 14.7 Å². The Kier molecular flexibility index (Phi) is 6.00. The number of ketones is 1. The van der Waals surface area contributed by atoms with E-state index in [2.05, 4.69) is 25.9 Å². The van der Waals surface area contributed by atoms with Crippen LogP contribution in [0.25, 0.3) is 0 Å². The van der Waals surface area contributed by atoms with Crippen LogP contribution < -0.4 is 0 Å². The van der Waals surface area contributed by atoms with Crippen LogP contribution in [0, 0.1) is 34.5 Å². The highest BCUT2D eigenvalue weighted by atomic mass is 16.7. The minimum atomic E-state index is -1.85. The van der Waals surface area contributed by atoms with Crippen LogP contribution in [0.5, 0.6) is 0 Å². The molecule has 40 heavy (non-hydrogen) atoms. The normalized spacial score (nSPS) is 40.7. The van der Waals surface area contributed by atoms with Gasteiger partial charge in [-0.2, -0.15) is 0 Å². The van der Waals surface area contributed by atoms with E-state index >= 15 is 0 Å². The lowest BCUT2D eigenvalue weighted by atomic mass is 9.59. The minimum absolute atomic E-state index is 0.0103. The SMILES string of the molecule is CCc1onc(C(C)C)c1C(=O)O[C@H]1C(C)=CC23C(=O)[C@@H](C=C4COC(C)(C)O[C@H]4[C@]12O)[C@H]1[C@@H](CC3C)C1(C)C. The van der Waals surface area contributed by atoms with Crippen molar-refractivity contribution in [3.63, 3.8) is 0 Å². The zero-order valence-corrected chi connectivity index (χ0v) is 25.2. The first kappa shape index (κ1) is 27.9. The third-order valence-electron chi connectivity index (χ3n) is 10.8. The van der Waals surface area contributed by atoms with Crippen molar-refractivity contribution >= 4 is 11.8 Å². The molecule has 0 radical (unpaired) electrons. The molecule has 2 saturated carbocycles. The van der Waals surface area contributed by atoms with Crippen molar-refractivity contribution < 1.29 is 33.4 Å². The molecule has 1 aromatic rings. The summed E-state index contributed by atoms with van der Waals surface area (Å²) in [6.07, 6.45) is 3.19. The Balaban J connectivity index is 1.51. The molecule has 1 aliphatic heterocycles. The monoisotopic (exact) mass is 553 g/mol. The highest BCUT2D eigenvalue weighted by Gasteiger charge is 2.77. The Morgan fingerprint density at radius 2 is 1.95 bits per heavy atom. The predicted molar refractivity (Wildman–Crippen MR) is 146 cm³/mol. The second-order valence-electron chi connectivity index (χ2n) is 14.2. The summed E-state index contributed by atoms with van der Waals surface area (Å²) in [5.74, 6) is -1.26. The van der Waals surface area contributed by atoms with E-state index < -0.39 is 35.0 Å². The molecule has 8 atom stereocenters. The van der Waals surface area contributed by atoms with Gasteiger partial charge in [0.1, 0.15) is 17.4 Å². The number of hydrogen-bond acceptors (Lipinski definition) is 8. The molecule has 2 unspecified atom stereocenters. The summed E-state index contributed by atoms with van der Waals surface area (Å²) < 4.78 is 24.4. The third-order valence-corrected chi connectivity index (χ3v) is 10.8. The fourth-order valence-electron chi connectivity index (χ4n) is 8.66. The van der Waals surface area contributed by atoms with E-state index in [1.165, 1.54) is 0 Å². The number of nitrogens with zero attached hydrogens (tertiary/aromatic N) is 1. The number of esters is 1. The number of carbonyl (C=O) groups excluding carboxylic acids is 2. The molecule has 1 spiro atoms. The van der Waals surface area contributed by atoms with Crippen LogP contribution in [0.2, 0.25) is 0 Å². The molecule has 1 N–H and O–H groups in total. The van der Waals surface area contributed by atoms with Crippen molar-refractivity contribution in [3.05, 3.63) is 40.3 Å². The molecule has 6 rings (SSSR count). The van der Waals surface area contributed by atoms with Gasteiger partial charge < -0.3 is 23.8 Å². The molecule has 3 fully saturated rings. The van der Waals surface area contributed by atoms with Crippen molar-refractivity contribution in [1.29, 1.82) is 0 Å². The first-order valence-corrected chi connectivity index (χ1v) is 14.8. The summed E-state index contributed by atoms with van der Waals surface area (Å²) >= 11 is 0. The van der Waals surface area contributed by atoms with Crippen LogP contribution in [-0.2, 0) is 25.4 Å². The van der Waals surface area contributed by atoms with Crippen LogP contribution in [0.15, 0.2) is 27.8 Å². The summed E-state index contributed by atoms with van der Waals surface area (Å²) in [5.41, 5.74) is -0.892. The lowest BCUT2D eigenvalue weighted by molar-refractivity contribution is -0.302. The van der Waals surface area contributed by atoms with Crippen molar-refractivity contribution in [3.8, 4) is 0 Å². The van der Waals surface area contributed by atoms with Gasteiger partial charge in [0.2, 0.25) is 0 Å². The maximum atomic E-state index is 14.8. The average molecular weight is 554 g/mol. The Morgan fingerprint density at radius 1 is 1.25 bits per heavy atom. The average Bonchev–Trinajstić information content (AvgIpc) is 3.16. The number of Topliss-reactive ketones (excluding diaryl/α,β-unsaturated/α-hetero) is 1. The van der Waals surface area contributed by atoms with Gasteiger partial charge in [-0.1, -0.05) is 58.9 Å². The zero-order chi connectivity index (χ0) is 29.2. The highest BCUT2D eigenvalue weighted by Crippen LogP contribution is 2.72. The van der Waals surface area contributed by atoms with Crippen LogP contribution >= 0.6 is 0 Å². The summed E-state index contributed by atoms with van der Waals surface area (Å²) in [7, 11) is 0. The van der Waals surface area contributed by atoms with Crippen LogP contribution in [0.1, 0.15) is 96.5 Å². The molecule has 0 amide bonds. The van der Waals surface area contributed by atoms with Crippen molar-refractivity contribution in [2.24, 2.45) is 34.5 Å². The second kappa shape index (κ2) is 8.62. The lowest BCUT2D eigenvalue weighted by Crippen LogP contribution is -2.68. The maximum Gasteiger partial charge on any atom is 0.344 e. The van der Waals surface area contributed by atoms with Gasteiger partial charge in [-0.25, -0.2) is 4.79 Å². The number of allylic oxidation sites excluding steroid dienone is 1. The molecular weight excluding hydrogens is 510 g/mol. The Labute approximate surface area is 236 Å². The fraction of sp³-hybridized carbons (Fsp3) is 0.719. The van der Waals surface area contributed by atoms with Gasteiger partial charge in [0, 0.05) is 12.3 Å². The molecular formula is C32H43NO7. The van der Waals surface area contributed by atoms with Gasteiger partial charge in [0.15, 0.2) is 29.0 Å². The molecule has 8 heteroatoms. The number of ether oxygens (including phenoxy) is 3. The maximum absolute atomic E-state index is 14.8. The number of aliphatic hydroxyl groups is 1. The van der Waals surface area contributed by atoms with E-state index in [1.807, 2.05) is 53.7 Å². The van der Waals surface area contributed by atoms with Gasteiger partial charge in [-0.05, 0) is 67.4 Å². The molecule has 4 aliphatic carbocycles. The number of aromatic nitrogens is 1. The molecule has 2 bridgehead atoms. The van der Waals surface area contributed by atoms with Gasteiger partial charge in [0.05, 0.1) is 12.0 Å². The second-order valence-corrected chi connectivity index (χ2v) is 14.2. The third kappa shape index (κ3) is 3.45. The smallest absolute Gasteiger partial charge is 0.344 e. The van der Waals surface area contributed by atoms with Gasteiger partial charge in [-0.15, -0.1) is 0 Å². The van der Waals surface area contributed by atoms with Crippen molar-refractivity contribution in [1.82, 2.24) is 5.16 Å². The molecule has 8 nitrogen and oxygen atoms in total. The van der Waals surface area contributed by atoms with E-state index in [-0.39, 0.29) is 41.5 Å². The largest absolute Gasteiger partial charge is 0.451 e. The number of fused-ring (bicyclic) bond motifs is 5. The lowest BCUT2D eigenvalue weighted by Gasteiger charge is -2.52. The molecule has 1 saturated heterocycles. The highest BCUT2D eigenvalue weighted by molar-refractivity contribution is 5.96. The van der Waals surface area contributed by atoms with Crippen LogP contribution in [0.3, 0.4) is 0 Å². The van der Waals surface area contributed by atoms with E-state index in [4.69, 9.17) is 18.7 Å². The quantitative estimate of drug-likeness (QED) is 0.403. The van der Waals surface area contributed by atoms with Crippen molar-refractivity contribution in [2.45, 2.75) is 105 Å². The topological polar surface area (TPSA) is 108 Å². The molecule has 1 aromatic heterocycles. The van der Waals surface area contributed by atoms with E-state index in [0.29, 0.717) is 34.9 Å². The first-order chi connectivity index (χ1) is 18.6. The molecule has 5 aliphatic rings. The summed E-state index contributed by atoms with van der Waals surface area (Å²) in [6, 6.07) is 0. The fourth-order valence-corrected chi connectivity index (χ4v) is 8.66. The van der Waals surface area contributed by atoms with E-state index in [0.717, 1.165) is 12.0 Å². The van der Waals surface area contributed by atoms with Gasteiger partial charge in [0.25, 0.3) is 0 Å². The van der Waals surface area contributed by atoms with Crippen LogP contribution in [-0.4, -0.2) is 52.2 Å². The molecule has 218 valence electrons.